The van der Waals surface area contributed by atoms with Gasteiger partial charge in [-0.25, -0.2) is 4.39 Å². The van der Waals surface area contributed by atoms with E-state index in [1.807, 2.05) is 6.07 Å². The van der Waals surface area contributed by atoms with Crippen molar-refractivity contribution in [3.05, 3.63) is 59.4 Å². The molecule has 2 N–H and O–H groups in total. The zero-order valence-corrected chi connectivity index (χ0v) is 21.1. The van der Waals surface area contributed by atoms with Crippen LogP contribution in [0.1, 0.15) is 17.2 Å². The highest BCUT2D eigenvalue weighted by Crippen LogP contribution is 2.43. The normalized spacial score (nSPS) is 19.0. The fourth-order valence-corrected chi connectivity index (χ4v) is 4.70. The molecule has 0 saturated carbocycles. The summed E-state index contributed by atoms with van der Waals surface area (Å²) in [6.07, 6.45) is 2.39. The minimum Gasteiger partial charge on any atom is -0.304 e. The highest BCUT2D eigenvalue weighted by atomic mass is 32.2. The number of rotatable bonds is 1. The monoisotopic (exact) mass is 520 g/mol. The number of fused-ring (bicyclic) bond motifs is 2. The first kappa shape index (κ1) is 27.7. The van der Waals surface area contributed by atoms with E-state index in [1.54, 1.807) is 23.9 Å². The number of hydrogen-bond acceptors (Lipinski definition) is 7. The highest BCUT2D eigenvalue weighted by Gasteiger charge is 2.29. The third-order valence-electron chi connectivity index (χ3n) is 4.92. The van der Waals surface area contributed by atoms with Crippen LogP contribution in [-0.4, -0.2) is 81.5 Å². The first-order valence-corrected chi connectivity index (χ1v) is 14.5. The van der Waals surface area contributed by atoms with Crippen LogP contribution in [0, 0.1) is 5.82 Å². The van der Waals surface area contributed by atoms with Crippen molar-refractivity contribution in [2.45, 2.75) is 22.3 Å². The van der Waals surface area contributed by atoms with Crippen LogP contribution in [0.15, 0.2) is 52.3 Å². The Bertz CT molecular complexity index is 1100. The summed E-state index contributed by atoms with van der Waals surface area (Å²) >= 11 is 1.71. The van der Waals surface area contributed by atoms with Gasteiger partial charge in [-0.1, -0.05) is 36.0 Å². The second kappa shape index (κ2) is 11.7. The average molecular weight is 521 g/mol. The van der Waals surface area contributed by atoms with Crippen LogP contribution in [-0.2, 0) is 26.7 Å². The number of likely N-dealkylation sites (N-methyl/N-ethyl adjacent to an activating group) is 1. The van der Waals surface area contributed by atoms with Crippen LogP contribution in [0.4, 0.5) is 4.39 Å². The van der Waals surface area contributed by atoms with E-state index in [4.69, 9.17) is 9.11 Å². The van der Waals surface area contributed by atoms with Crippen molar-refractivity contribution in [1.29, 1.82) is 0 Å². The van der Waals surface area contributed by atoms with Gasteiger partial charge >= 0.3 is 0 Å². The van der Waals surface area contributed by atoms with Crippen LogP contribution < -0.4 is 0 Å². The molecule has 4 rings (SSSR count). The molecule has 2 aliphatic heterocycles. The molecular weight excluding hydrogens is 491 g/mol. The van der Waals surface area contributed by atoms with Gasteiger partial charge in [-0.3, -0.25) is 14.0 Å². The molecule has 1 saturated heterocycles. The molecule has 184 valence electrons. The number of benzene rings is 2. The largest absolute Gasteiger partial charge is 0.304 e. The summed E-state index contributed by atoms with van der Waals surface area (Å²) < 4.78 is 65.4. The van der Waals surface area contributed by atoms with Crippen LogP contribution in [0.5, 0.6) is 0 Å². The van der Waals surface area contributed by atoms with Gasteiger partial charge in [0, 0.05) is 42.0 Å². The Hall–Kier alpha value is -1.54. The van der Waals surface area contributed by atoms with E-state index in [2.05, 4.69) is 41.1 Å². The predicted molar refractivity (Wildman–Crippen MR) is 127 cm³/mol. The van der Waals surface area contributed by atoms with Crippen LogP contribution in [0.2, 0.25) is 0 Å². The lowest BCUT2D eigenvalue weighted by Crippen LogP contribution is -2.46. The molecule has 0 amide bonds. The van der Waals surface area contributed by atoms with Gasteiger partial charge in [0.1, 0.15) is 5.82 Å². The van der Waals surface area contributed by atoms with E-state index in [0.29, 0.717) is 18.6 Å². The number of nitrogens with zero attached hydrogens (tertiary/aromatic N) is 2. The van der Waals surface area contributed by atoms with Gasteiger partial charge in [0.25, 0.3) is 20.2 Å². The van der Waals surface area contributed by atoms with E-state index in [-0.39, 0.29) is 5.82 Å². The predicted octanol–water partition coefficient (Wildman–Crippen LogP) is 2.83. The second-order valence-electron chi connectivity index (χ2n) is 7.92. The molecule has 1 fully saturated rings. The van der Waals surface area contributed by atoms with Crippen molar-refractivity contribution in [2.75, 3.05) is 45.7 Å². The Morgan fingerprint density at radius 2 is 1.45 bits per heavy atom. The lowest BCUT2D eigenvalue weighted by atomic mass is 9.96. The molecule has 2 aromatic rings. The molecule has 1 atom stereocenters. The van der Waals surface area contributed by atoms with Crippen LogP contribution in [0.3, 0.4) is 0 Å². The van der Waals surface area contributed by atoms with Crippen molar-refractivity contribution in [3.8, 4) is 0 Å². The van der Waals surface area contributed by atoms with Gasteiger partial charge in [0.15, 0.2) is 0 Å². The summed E-state index contributed by atoms with van der Waals surface area (Å²) in [5, 5.41) is 0. The molecule has 0 bridgehead atoms. The molecule has 2 aromatic carbocycles. The van der Waals surface area contributed by atoms with Crippen molar-refractivity contribution < 1.29 is 30.3 Å². The van der Waals surface area contributed by atoms with Gasteiger partial charge in [0.2, 0.25) is 0 Å². The molecule has 0 aliphatic carbocycles. The number of hydrogen-bond donors (Lipinski definition) is 2. The first-order valence-electron chi connectivity index (χ1n) is 10.0. The van der Waals surface area contributed by atoms with E-state index in [9.17, 15) is 21.2 Å². The van der Waals surface area contributed by atoms with Crippen LogP contribution in [0.25, 0.3) is 0 Å². The number of piperazine rings is 1. The molecule has 12 heteroatoms. The molecule has 2 heterocycles. The van der Waals surface area contributed by atoms with Crippen LogP contribution >= 0.6 is 11.8 Å². The van der Waals surface area contributed by atoms with Gasteiger partial charge in [-0.2, -0.15) is 16.8 Å². The Morgan fingerprint density at radius 1 is 0.909 bits per heavy atom. The second-order valence-corrected chi connectivity index (χ2v) is 11.9. The third-order valence-corrected chi connectivity index (χ3v) is 6.11. The zero-order chi connectivity index (χ0) is 24.8. The summed E-state index contributed by atoms with van der Waals surface area (Å²) in [6, 6.07) is 14.2. The smallest absolute Gasteiger partial charge is 0.261 e. The first-order chi connectivity index (χ1) is 15.2. The van der Waals surface area contributed by atoms with Gasteiger partial charge < -0.3 is 4.90 Å². The van der Waals surface area contributed by atoms with E-state index < -0.39 is 20.2 Å². The fourth-order valence-electron chi connectivity index (χ4n) is 3.54. The summed E-state index contributed by atoms with van der Waals surface area (Å²) in [5.74, 6) is -0.147. The Kier molecular flexibility index (Phi) is 9.85. The fraction of sp³-hybridized carbons (Fsp3) is 0.429. The average Bonchev–Trinajstić information content (AvgIpc) is 2.82. The van der Waals surface area contributed by atoms with E-state index in [1.165, 1.54) is 16.0 Å². The molecular formula is C21H29FN2O6S3. The molecule has 33 heavy (non-hydrogen) atoms. The topological polar surface area (TPSA) is 115 Å². The molecule has 0 radical (unpaired) electrons. The van der Waals surface area contributed by atoms with E-state index >= 15 is 0 Å². The molecule has 2 aliphatic rings. The maximum Gasteiger partial charge on any atom is 0.261 e. The van der Waals surface area contributed by atoms with Crippen molar-refractivity contribution in [1.82, 2.24) is 9.80 Å². The molecule has 0 aromatic heterocycles. The van der Waals surface area contributed by atoms with Crippen molar-refractivity contribution in [3.63, 3.8) is 0 Å². The quantitative estimate of drug-likeness (QED) is 0.548. The maximum absolute atomic E-state index is 13.7. The standard InChI is InChI=1S/C19H21FN2S.2CH4O3S/c1-21-8-10-22(11-9-21)17-12-14-6-7-15(20)13-19(14)23-18-5-3-2-4-16(17)18;2*1-5(2,3)4/h2-7,13,17H,8-12H2,1H3;2*1H3,(H,2,3,4). The van der Waals surface area contributed by atoms with Gasteiger partial charge in [-0.15, -0.1) is 0 Å². The molecule has 8 nitrogen and oxygen atoms in total. The zero-order valence-electron chi connectivity index (χ0n) is 18.7. The van der Waals surface area contributed by atoms with Gasteiger partial charge in [0.05, 0.1) is 12.5 Å². The maximum atomic E-state index is 13.7. The van der Waals surface area contributed by atoms with E-state index in [0.717, 1.165) is 37.5 Å². The van der Waals surface area contributed by atoms with Crippen molar-refractivity contribution >= 4 is 32.0 Å². The minimum absolute atomic E-state index is 0.147. The Balaban J connectivity index is 0.000000327. The lowest BCUT2D eigenvalue weighted by molar-refractivity contribution is 0.110. The Labute approximate surface area is 199 Å². The summed E-state index contributed by atoms with van der Waals surface area (Å²) in [7, 11) is -5.15. The third kappa shape index (κ3) is 10.5. The summed E-state index contributed by atoms with van der Waals surface area (Å²) in [6.45, 7) is 4.41. The van der Waals surface area contributed by atoms with Crippen molar-refractivity contribution in [2.24, 2.45) is 0 Å². The SMILES string of the molecule is CN1CCN(C2Cc3ccc(F)cc3Sc3ccccc32)CC1.CS(=O)(=O)O.CS(=O)(=O)O. The minimum atomic E-state index is -3.67. The summed E-state index contributed by atoms with van der Waals surface area (Å²) in [4.78, 5) is 7.31. The van der Waals surface area contributed by atoms with Gasteiger partial charge in [-0.05, 0) is 42.8 Å². The molecule has 0 spiro atoms. The Morgan fingerprint density at radius 3 is 2.03 bits per heavy atom. The number of halogens is 1. The highest BCUT2D eigenvalue weighted by molar-refractivity contribution is 7.99. The molecule has 1 unspecified atom stereocenters. The summed E-state index contributed by atoms with van der Waals surface area (Å²) in [5.41, 5.74) is 2.65. The lowest BCUT2D eigenvalue weighted by Gasteiger charge is -2.38.